The first-order valence-electron chi connectivity index (χ1n) is 7.20. The predicted molar refractivity (Wildman–Crippen MR) is 77.2 cm³/mol. The molecule has 5 heteroatoms. The zero-order valence-corrected chi connectivity index (χ0v) is 11.8. The monoisotopic (exact) mass is 275 g/mol. The zero-order valence-electron chi connectivity index (χ0n) is 11.8. The van der Waals surface area contributed by atoms with Crippen LogP contribution in [-0.4, -0.2) is 22.8 Å². The molecule has 1 aromatic rings. The quantitative estimate of drug-likeness (QED) is 0.642. The van der Waals surface area contributed by atoms with E-state index in [1.54, 1.807) is 12.3 Å². The Morgan fingerprint density at radius 3 is 2.50 bits per heavy atom. The molecule has 0 aliphatic heterocycles. The number of carbonyl (C=O) groups is 2. The zero-order chi connectivity index (χ0) is 14.4. The Labute approximate surface area is 119 Å². The smallest absolute Gasteiger partial charge is 0.314 e. The summed E-state index contributed by atoms with van der Waals surface area (Å²) in [5.41, 5.74) is 0.836. The summed E-state index contributed by atoms with van der Waals surface area (Å²) in [4.78, 5) is 27.8. The van der Waals surface area contributed by atoms with E-state index in [1.165, 1.54) is 12.8 Å². The van der Waals surface area contributed by atoms with Crippen molar-refractivity contribution in [3.63, 3.8) is 0 Å². The molecular weight excluding hydrogens is 254 g/mol. The lowest BCUT2D eigenvalue weighted by molar-refractivity contribution is -0.136. The van der Waals surface area contributed by atoms with Crippen molar-refractivity contribution >= 4 is 17.6 Å². The summed E-state index contributed by atoms with van der Waals surface area (Å²) in [6.45, 7) is 1.84. The molecule has 5 nitrogen and oxygen atoms in total. The third-order valence-corrected chi connectivity index (χ3v) is 3.64. The van der Waals surface area contributed by atoms with Crippen LogP contribution in [0.5, 0.6) is 0 Å². The van der Waals surface area contributed by atoms with Gasteiger partial charge in [0, 0.05) is 12.2 Å². The fourth-order valence-electron chi connectivity index (χ4n) is 2.46. The van der Waals surface area contributed by atoms with E-state index < -0.39 is 11.8 Å². The molecule has 20 heavy (non-hydrogen) atoms. The average Bonchev–Trinajstić information content (AvgIpc) is 2.70. The van der Waals surface area contributed by atoms with E-state index in [0.717, 1.165) is 31.2 Å². The molecule has 0 unspecified atom stereocenters. The van der Waals surface area contributed by atoms with Gasteiger partial charge in [-0.05, 0) is 31.4 Å². The van der Waals surface area contributed by atoms with Gasteiger partial charge in [0.05, 0.1) is 0 Å². The highest BCUT2D eigenvalue weighted by molar-refractivity contribution is 6.39. The second kappa shape index (κ2) is 7.03. The number of aromatic nitrogens is 1. The number of aryl methyl sites for hydroxylation is 1. The topological polar surface area (TPSA) is 71.1 Å². The first-order chi connectivity index (χ1) is 9.66. The molecule has 1 aliphatic carbocycles. The van der Waals surface area contributed by atoms with Crippen LogP contribution in [0.2, 0.25) is 0 Å². The van der Waals surface area contributed by atoms with E-state index in [-0.39, 0.29) is 6.04 Å². The summed E-state index contributed by atoms with van der Waals surface area (Å²) in [6.07, 6.45) is 8.17. The maximum Gasteiger partial charge on any atom is 0.314 e. The van der Waals surface area contributed by atoms with E-state index in [9.17, 15) is 9.59 Å². The Kier molecular flexibility index (Phi) is 5.09. The van der Waals surface area contributed by atoms with Crippen LogP contribution >= 0.6 is 0 Å². The summed E-state index contributed by atoms with van der Waals surface area (Å²) in [5, 5.41) is 5.37. The van der Waals surface area contributed by atoms with Gasteiger partial charge in [-0.3, -0.25) is 9.59 Å². The Morgan fingerprint density at radius 2 is 1.85 bits per heavy atom. The number of hydrogen-bond acceptors (Lipinski definition) is 3. The number of anilines is 1. The predicted octanol–water partition coefficient (Wildman–Crippen LogP) is 2.17. The minimum atomic E-state index is -0.643. The van der Waals surface area contributed by atoms with Crippen molar-refractivity contribution in [2.24, 2.45) is 0 Å². The van der Waals surface area contributed by atoms with Crippen molar-refractivity contribution in [2.45, 2.75) is 51.5 Å². The third-order valence-electron chi connectivity index (χ3n) is 3.64. The minimum Gasteiger partial charge on any atom is -0.345 e. The Balaban J connectivity index is 1.88. The number of pyridine rings is 1. The van der Waals surface area contributed by atoms with Gasteiger partial charge in [-0.2, -0.15) is 0 Å². The van der Waals surface area contributed by atoms with Crippen LogP contribution in [0.4, 0.5) is 5.82 Å². The van der Waals surface area contributed by atoms with E-state index in [2.05, 4.69) is 15.6 Å². The molecule has 2 amide bonds. The maximum atomic E-state index is 11.9. The second-order valence-electron chi connectivity index (χ2n) is 5.28. The largest absolute Gasteiger partial charge is 0.345 e. The van der Waals surface area contributed by atoms with Crippen LogP contribution in [0.25, 0.3) is 0 Å². The van der Waals surface area contributed by atoms with Gasteiger partial charge in [0.15, 0.2) is 0 Å². The van der Waals surface area contributed by atoms with Crippen LogP contribution in [0.15, 0.2) is 18.3 Å². The Bertz CT molecular complexity index is 480. The van der Waals surface area contributed by atoms with Gasteiger partial charge in [-0.25, -0.2) is 4.98 Å². The van der Waals surface area contributed by atoms with Crippen molar-refractivity contribution < 1.29 is 9.59 Å². The first kappa shape index (κ1) is 14.5. The number of nitrogens with zero attached hydrogens (tertiary/aromatic N) is 1. The summed E-state index contributed by atoms with van der Waals surface area (Å²) >= 11 is 0. The van der Waals surface area contributed by atoms with Crippen molar-refractivity contribution in [2.75, 3.05) is 5.32 Å². The molecule has 1 heterocycles. The molecule has 1 aliphatic rings. The molecule has 2 rings (SSSR count). The Morgan fingerprint density at radius 1 is 1.15 bits per heavy atom. The fourth-order valence-corrected chi connectivity index (χ4v) is 2.46. The molecule has 108 valence electrons. The fraction of sp³-hybridized carbons (Fsp3) is 0.533. The lowest BCUT2D eigenvalue weighted by Crippen LogP contribution is -2.41. The minimum absolute atomic E-state index is 0.126. The molecule has 2 N–H and O–H groups in total. The summed E-state index contributed by atoms with van der Waals surface area (Å²) in [6, 6.07) is 3.75. The summed E-state index contributed by atoms with van der Waals surface area (Å²) < 4.78 is 0. The molecule has 0 aromatic carbocycles. The number of hydrogen-bond donors (Lipinski definition) is 2. The maximum absolute atomic E-state index is 11.9. The van der Waals surface area contributed by atoms with Crippen molar-refractivity contribution in [1.29, 1.82) is 0 Å². The van der Waals surface area contributed by atoms with Crippen molar-refractivity contribution in [3.8, 4) is 0 Å². The standard InChI is InChI=1S/C15H21N3O2/c1-11-7-6-10-16-13(11)18-15(20)14(19)17-12-8-4-2-3-5-9-12/h6-7,10,12H,2-5,8-9H2,1H3,(H,17,19)(H,16,18,20). The second-order valence-corrected chi connectivity index (χ2v) is 5.28. The van der Waals surface area contributed by atoms with Gasteiger partial charge in [0.25, 0.3) is 0 Å². The molecule has 0 bridgehead atoms. The van der Waals surface area contributed by atoms with Gasteiger partial charge in [-0.1, -0.05) is 31.7 Å². The van der Waals surface area contributed by atoms with Crippen LogP contribution < -0.4 is 10.6 Å². The van der Waals surface area contributed by atoms with Gasteiger partial charge in [0.1, 0.15) is 5.82 Å². The molecule has 1 saturated carbocycles. The van der Waals surface area contributed by atoms with Gasteiger partial charge < -0.3 is 10.6 Å². The molecule has 0 spiro atoms. The van der Waals surface area contributed by atoms with Crippen molar-refractivity contribution in [3.05, 3.63) is 23.9 Å². The van der Waals surface area contributed by atoms with Crippen LogP contribution in [0.3, 0.4) is 0 Å². The highest BCUT2D eigenvalue weighted by Gasteiger charge is 2.20. The molecule has 0 saturated heterocycles. The number of nitrogens with one attached hydrogen (secondary N) is 2. The number of carbonyl (C=O) groups excluding carboxylic acids is 2. The molecule has 1 aromatic heterocycles. The van der Waals surface area contributed by atoms with E-state index in [1.807, 2.05) is 13.0 Å². The first-order valence-corrected chi connectivity index (χ1v) is 7.20. The molecule has 1 fully saturated rings. The highest BCUT2D eigenvalue weighted by Crippen LogP contribution is 2.17. The summed E-state index contributed by atoms with van der Waals surface area (Å²) in [5.74, 6) is -0.772. The van der Waals surface area contributed by atoms with Gasteiger partial charge in [0.2, 0.25) is 0 Å². The van der Waals surface area contributed by atoms with Crippen LogP contribution in [0.1, 0.15) is 44.1 Å². The van der Waals surface area contributed by atoms with Crippen molar-refractivity contribution in [1.82, 2.24) is 10.3 Å². The van der Waals surface area contributed by atoms with Gasteiger partial charge in [-0.15, -0.1) is 0 Å². The van der Waals surface area contributed by atoms with E-state index in [0.29, 0.717) is 5.82 Å². The van der Waals surface area contributed by atoms with E-state index >= 15 is 0 Å². The average molecular weight is 275 g/mol. The Hall–Kier alpha value is -1.91. The SMILES string of the molecule is Cc1cccnc1NC(=O)C(=O)NC1CCCCCC1. The number of rotatable bonds is 2. The lowest BCUT2D eigenvalue weighted by atomic mass is 10.1. The molecular formula is C15H21N3O2. The molecule has 0 atom stereocenters. The third kappa shape index (κ3) is 4.05. The van der Waals surface area contributed by atoms with Crippen LogP contribution in [0, 0.1) is 6.92 Å². The van der Waals surface area contributed by atoms with Gasteiger partial charge >= 0.3 is 11.8 Å². The highest BCUT2D eigenvalue weighted by atomic mass is 16.2. The normalized spacial score (nSPS) is 16.2. The molecule has 0 radical (unpaired) electrons. The lowest BCUT2D eigenvalue weighted by Gasteiger charge is -2.15. The summed E-state index contributed by atoms with van der Waals surface area (Å²) in [7, 11) is 0. The van der Waals surface area contributed by atoms with E-state index in [4.69, 9.17) is 0 Å². The van der Waals surface area contributed by atoms with Crippen LogP contribution in [-0.2, 0) is 9.59 Å². The number of amides is 2.